The first-order chi connectivity index (χ1) is 7.09. The molecule has 0 amide bonds. The molecule has 0 saturated heterocycles. The SMILES string of the molecule is Cc1cc2c(N(C)C)cccc2c(C)n1. The van der Waals surface area contributed by atoms with Crippen LogP contribution in [0.1, 0.15) is 11.4 Å². The second-order valence-corrected chi connectivity index (χ2v) is 4.12. The fraction of sp³-hybridized carbons (Fsp3) is 0.308. The lowest BCUT2D eigenvalue weighted by atomic mass is 10.1. The number of aromatic nitrogens is 1. The van der Waals surface area contributed by atoms with Crippen LogP contribution in [0.15, 0.2) is 24.3 Å². The summed E-state index contributed by atoms with van der Waals surface area (Å²) in [4.78, 5) is 6.62. The standard InChI is InChI=1S/C13H16N2/c1-9-8-12-11(10(2)14-9)6-5-7-13(12)15(3)4/h5-8H,1-4H3. The molecule has 0 unspecified atom stereocenters. The van der Waals surface area contributed by atoms with Crippen LogP contribution in [-0.4, -0.2) is 19.1 Å². The Hall–Kier alpha value is -1.57. The topological polar surface area (TPSA) is 16.1 Å². The zero-order valence-corrected chi connectivity index (χ0v) is 9.70. The average molecular weight is 200 g/mol. The van der Waals surface area contributed by atoms with Gasteiger partial charge in [-0.05, 0) is 26.0 Å². The predicted molar refractivity (Wildman–Crippen MR) is 65.5 cm³/mol. The van der Waals surface area contributed by atoms with Crippen molar-refractivity contribution in [3.8, 4) is 0 Å². The zero-order valence-electron chi connectivity index (χ0n) is 9.70. The molecule has 0 saturated carbocycles. The van der Waals surface area contributed by atoms with Gasteiger partial charge in [-0.25, -0.2) is 0 Å². The Balaban J connectivity index is 2.85. The number of anilines is 1. The van der Waals surface area contributed by atoms with Crippen LogP contribution in [0.2, 0.25) is 0 Å². The van der Waals surface area contributed by atoms with Crippen molar-refractivity contribution in [1.82, 2.24) is 4.98 Å². The first-order valence-corrected chi connectivity index (χ1v) is 5.14. The summed E-state index contributed by atoms with van der Waals surface area (Å²) in [6.07, 6.45) is 0. The highest BCUT2D eigenvalue weighted by Crippen LogP contribution is 2.27. The molecule has 2 heteroatoms. The lowest BCUT2D eigenvalue weighted by molar-refractivity contribution is 1.12. The Bertz CT molecular complexity index is 501. The van der Waals surface area contributed by atoms with Gasteiger partial charge >= 0.3 is 0 Å². The predicted octanol–water partition coefficient (Wildman–Crippen LogP) is 2.92. The zero-order chi connectivity index (χ0) is 11.0. The van der Waals surface area contributed by atoms with Gasteiger partial charge < -0.3 is 4.90 Å². The van der Waals surface area contributed by atoms with Crippen molar-refractivity contribution < 1.29 is 0 Å². The number of fused-ring (bicyclic) bond motifs is 1. The lowest BCUT2D eigenvalue weighted by Gasteiger charge is -2.16. The molecule has 78 valence electrons. The summed E-state index contributed by atoms with van der Waals surface area (Å²) in [5.74, 6) is 0. The Morgan fingerprint density at radius 3 is 2.47 bits per heavy atom. The molecule has 0 bridgehead atoms. The van der Waals surface area contributed by atoms with Crippen LogP contribution in [-0.2, 0) is 0 Å². The first kappa shape index (κ1) is 9.97. The molecule has 0 radical (unpaired) electrons. The van der Waals surface area contributed by atoms with Crippen molar-refractivity contribution >= 4 is 16.5 Å². The maximum absolute atomic E-state index is 4.48. The van der Waals surface area contributed by atoms with Gasteiger partial charge in [0.25, 0.3) is 0 Å². The molecule has 0 N–H and O–H groups in total. The van der Waals surface area contributed by atoms with Crippen molar-refractivity contribution in [2.24, 2.45) is 0 Å². The molecule has 0 fully saturated rings. The van der Waals surface area contributed by atoms with Crippen LogP contribution in [0.25, 0.3) is 10.8 Å². The Morgan fingerprint density at radius 1 is 1.07 bits per heavy atom. The van der Waals surface area contributed by atoms with Crippen LogP contribution in [0.3, 0.4) is 0 Å². The minimum Gasteiger partial charge on any atom is -0.377 e. The number of hydrogen-bond acceptors (Lipinski definition) is 2. The maximum atomic E-state index is 4.48. The highest BCUT2D eigenvalue weighted by Gasteiger charge is 2.05. The lowest BCUT2D eigenvalue weighted by Crippen LogP contribution is -2.09. The van der Waals surface area contributed by atoms with Gasteiger partial charge in [0.05, 0.1) is 0 Å². The summed E-state index contributed by atoms with van der Waals surface area (Å²) < 4.78 is 0. The largest absolute Gasteiger partial charge is 0.377 e. The Kier molecular flexibility index (Phi) is 2.35. The van der Waals surface area contributed by atoms with Gasteiger partial charge in [-0.1, -0.05) is 12.1 Å². The monoisotopic (exact) mass is 200 g/mol. The number of aryl methyl sites for hydroxylation is 2. The molecule has 1 heterocycles. The summed E-state index contributed by atoms with van der Waals surface area (Å²) in [5.41, 5.74) is 3.43. The smallest absolute Gasteiger partial charge is 0.0454 e. The van der Waals surface area contributed by atoms with Crippen LogP contribution < -0.4 is 4.90 Å². The summed E-state index contributed by atoms with van der Waals surface area (Å²) in [7, 11) is 4.14. The molecule has 2 rings (SSSR count). The van der Waals surface area contributed by atoms with E-state index in [4.69, 9.17) is 0 Å². The first-order valence-electron chi connectivity index (χ1n) is 5.14. The molecule has 2 nitrogen and oxygen atoms in total. The molecule has 15 heavy (non-hydrogen) atoms. The third kappa shape index (κ3) is 1.67. The molecule has 0 aliphatic rings. The fourth-order valence-electron chi connectivity index (χ4n) is 1.98. The fourth-order valence-corrected chi connectivity index (χ4v) is 1.98. The maximum Gasteiger partial charge on any atom is 0.0454 e. The van der Waals surface area contributed by atoms with E-state index in [1.165, 1.54) is 16.5 Å². The van der Waals surface area contributed by atoms with Crippen LogP contribution in [0.4, 0.5) is 5.69 Å². The van der Waals surface area contributed by atoms with Gasteiger partial charge in [0, 0.05) is 41.9 Å². The van der Waals surface area contributed by atoms with Gasteiger partial charge in [0.15, 0.2) is 0 Å². The van der Waals surface area contributed by atoms with E-state index in [0.29, 0.717) is 0 Å². The molecule has 1 aromatic carbocycles. The summed E-state index contributed by atoms with van der Waals surface area (Å²) in [5, 5.41) is 2.53. The minimum atomic E-state index is 1.08. The van der Waals surface area contributed by atoms with Crippen molar-refractivity contribution in [1.29, 1.82) is 0 Å². The third-order valence-corrected chi connectivity index (χ3v) is 2.65. The van der Waals surface area contributed by atoms with Crippen LogP contribution in [0.5, 0.6) is 0 Å². The van der Waals surface area contributed by atoms with Gasteiger partial charge in [-0.2, -0.15) is 0 Å². The van der Waals surface area contributed by atoms with E-state index in [2.05, 4.69) is 55.2 Å². The molecular formula is C13H16N2. The van der Waals surface area contributed by atoms with Crippen LogP contribution in [0, 0.1) is 13.8 Å². The molecular weight excluding hydrogens is 184 g/mol. The number of pyridine rings is 1. The molecule has 0 spiro atoms. The second kappa shape index (κ2) is 3.54. The Morgan fingerprint density at radius 2 is 1.80 bits per heavy atom. The van der Waals surface area contributed by atoms with E-state index >= 15 is 0 Å². The molecule has 0 aliphatic carbocycles. The van der Waals surface area contributed by atoms with Crippen LogP contribution >= 0.6 is 0 Å². The van der Waals surface area contributed by atoms with Crippen molar-refractivity contribution in [2.75, 3.05) is 19.0 Å². The van der Waals surface area contributed by atoms with Gasteiger partial charge in [0.1, 0.15) is 0 Å². The summed E-state index contributed by atoms with van der Waals surface area (Å²) in [6, 6.07) is 8.50. The van der Waals surface area contributed by atoms with Crippen molar-refractivity contribution in [2.45, 2.75) is 13.8 Å². The molecule has 1 aromatic heterocycles. The van der Waals surface area contributed by atoms with Gasteiger partial charge in [-0.3, -0.25) is 4.98 Å². The Labute approximate surface area is 90.6 Å². The minimum absolute atomic E-state index is 1.08. The quantitative estimate of drug-likeness (QED) is 0.703. The van der Waals surface area contributed by atoms with Gasteiger partial charge in [0.2, 0.25) is 0 Å². The van der Waals surface area contributed by atoms with E-state index in [9.17, 15) is 0 Å². The summed E-state index contributed by atoms with van der Waals surface area (Å²) >= 11 is 0. The highest BCUT2D eigenvalue weighted by molar-refractivity contribution is 5.95. The van der Waals surface area contributed by atoms with E-state index in [1.807, 2.05) is 6.92 Å². The summed E-state index contributed by atoms with van der Waals surface area (Å²) in [6.45, 7) is 4.10. The van der Waals surface area contributed by atoms with E-state index < -0.39 is 0 Å². The number of nitrogens with zero attached hydrogens (tertiary/aromatic N) is 2. The van der Waals surface area contributed by atoms with Crippen molar-refractivity contribution in [3.63, 3.8) is 0 Å². The second-order valence-electron chi connectivity index (χ2n) is 4.12. The third-order valence-electron chi connectivity index (χ3n) is 2.65. The van der Waals surface area contributed by atoms with E-state index in [0.717, 1.165) is 11.4 Å². The average Bonchev–Trinajstić information content (AvgIpc) is 2.16. The molecule has 0 atom stereocenters. The molecule has 0 aliphatic heterocycles. The van der Waals surface area contributed by atoms with E-state index in [1.54, 1.807) is 0 Å². The van der Waals surface area contributed by atoms with Crippen molar-refractivity contribution in [3.05, 3.63) is 35.7 Å². The highest BCUT2D eigenvalue weighted by atomic mass is 15.1. The number of hydrogen-bond donors (Lipinski definition) is 0. The normalized spacial score (nSPS) is 10.7. The van der Waals surface area contributed by atoms with Gasteiger partial charge in [-0.15, -0.1) is 0 Å². The number of benzene rings is 1. The number of rotatable bonds is 1. The molecule has 2 aromatic rings. The van der Waals surface area contributed by atoms with E-state index in [-0.39, 0.29) is 0 Å².